The Morgan fingerprint density at radius 3 is 1.72 bits per heavy atom. The first kappa shape index (κ1) is 27.3. The van der Waals surface area contributed by atoms with Crippen molar-refractivity contribution < 1.29 is 64.4 Å². The van der Waals surface area contributed by atoms with E-state index in [-0.39, 0.29) is 56.3 Å². The van der Waals surface area contributed by atoms with Gasteiger partial charge in [0.25, 0.3) is 0 Å². The third-order valence-electron chi connectivity index (χ3n) is 5.48. The summed E-state index contributed by atoms with van der Waals surface area (Å²) in [5, 5.41) is 1.79. The van der Waals surface area contributed by atoms with Gasteiger partial charge in [0, 0.05) is 0 Å². The van der Waals surface area contributed by atoms with Crippen molar-refractivity contribution in [3.63, 3.8) is 0 Å². The summed E-state index contributed by atoms with van der Waals surface area (Å²) >= 11 is 0. The van der Waals surface area contributed by atoms with Gasteiger partial charge in [-0.15, -0.1) is 0 Å². The monoisotopic (exact) mass is 442 g/mol. The Bertz CT molecular complexity index is 818. The third-order valence-corrected chi connectivity index (χ3v) is 6.32. The minimum Gasteiger partial charge on any atom is -0.744 e. The van der Waals surface area contributed by atoms with Crippen LogP contribution in [-0.2, 0) is 16.5 Å². The molecule has 0 aliphatic carbocycles. The van der Waals surface area contributed by atoms with E-state index in [1.807, 2.05) is 12.1 Å². The van der Waals surface area contributed by atoms with Crippen LogP contribution in [0.1, 0.15) is 89.5 Å². The van der Waals surface area contributed by atoms with Crippen molar-refractivity contribution in [2.45, 2.75) is 95.3 Å². The summed E-state index contributed by atoms with van der Waals surface area (Å²) in [5.74, 6) is 0. The molecule has 0 N–H and O–H groups in total. The molecule has 0 saturated heterocycles. The summed E-state index contributed by atoms with van der Waals surface area (Å²) in [5.41, 5.74) is 1.28. The van der Waals surface area contributed by atoms with Gasteiger partial charge in [-0.25, -0.2) is 8.42 Å². The van der Waals surface area contributed by atoms with Crippen LogP contribution in [0, 0.1) is 0 Å². The van der Waals surface area contributed by atoms with Crippen molar-refractivity contribution in [1.29, 1.82) is 0 Å². The quantitative estimate of drug-likeness (QED) is 0.252. The van der Waals surface area contributed by atoms with Gasteiger partial charge in [0.1, 0.15) is 10.1 Å². The molecule has 0 fully saturated rings. The van der Waals surface area contributed by atoms with Gasteiger partial charge in [-0.05, 0) is 41.3 Å². The van der Waals surface area contributed by atoms with Gasteiger partial charge in [0.05, 0.1) is 4.90 Å². The first-order valence-electron chi connectivity index (χ1n) is 11.0. The summed E-state index contributed by atoms with van der Waals surface area (Å²) in [7, 11) is -4.39. The van der Waals surface area contributed by atoms with Gasteiger partial charge in [0.2, 0.25) is 0 Å². The van der Waals surface area contributed by atoms with Crippen LogP contribution in [0.25, 0.3) is 10.8 Å². The summed E-state index contributed by atoms with van der Waals surface area (Å²) < 4.78 is 33.4. The molecule has 0 atom stereocenters. The number of aryl methyl sites for hydroxylation is 1. The Labute approximate surface area is 220 Å². The normalized spacial score (nSPS) is 11.5. The number of rotatable bonds is 14. The molecule has 2 rings (SSSR count). The first-order valence-corrected chi connectivity index (χ1v) is 12.4. The maximum atomic E-state index is 11.1. The first-order chi connectivity index (χ1) is 13.5. The molecule has 0 aliphatic heterocycles. The molecule has 5 heteroatoms. The van der Waals surface area contributed by atoms with Crippen LogP contribution >= 0.6 is 0 Å². The molecular weight excluding hydrogens is 407 g/mol. The predicted octanol–water partition coefficient (Wildman–Crippen LogP) is 3.99. The second kappa shape index (κ2) is 15.1. The van der Waals surface area contributed by atoms with Gasteiger partial charge < -0.3 is 4.55 Å². The van der Waals surface area contributed by atoms with Gasteiger partial charge >= 0.3 is 51.4 Å². The molecule has 0 bridgehead atoms. The molecule has 3 nitrogen and oxygen atoms in total. The second-order valence-electron chi connectivity index (χ2n) is 7.94. The predicted molar refractivity (Wildman–Crippen MR) is 117 cm³/mol. The van der Waals surface area contributed by atoms with Gasteiger partial charge in [-0.3, -0.25) is 0 Å². The molecule has 0 aromatic heterocycles. The fourth-order valence-electron chi connectivity index (χ4n) is 3.75. The molecule has 0 amide bonds. The summed E-state index contributed by atoms with van der Waals surface area (Å²) in [6.45, 7) is 2.26. The SMILES string of the molecule is CCCCCCCCCCCCCCc1ccc2cc(S(=O)(=O)[O-])ccc2c1.[K+]. The second-order valence-corrected chi connectivity index (χ2v) is 9.32. The molecule has 156 valence electrons. The Hall–Kier alpha value is 0.246. The van der Waals surface area contributed by atoms with Crippen LogP contribution in [0.3, 0.4) is 0 Å². The van der Waals surface area contributed by atoms with Crippen molar-refractivity contribution in [3.05, 3.63) is 42.0 Å². The average molecular weight is 443 g/mol. The van der Waals surface area contributed by atoms with Crippen molar-refractivity contribution in [1.82, 2.24) is 0 Å². The standard InChI is InChI=1S/C24H36O3S.K/c1-2-3-4-5-6-7-8-9-10-11-12-13-14-21-15-16-23-20-24(28(25,26)27)18-17-22(23)19-21;/h15-20H,2-14H2,1H3,(H,25,26,27);/q;+1/p-1. The zero-order valence-electron chi connectivity index (χ0n) is 18.3. The van der Waals surface area contributed by atoms with Crippen molar-refractivity contribution in [2.75, 3.05) is 0 Å². The van der Waals surface area contributed by atoms with E-state index in [0.717, 1.165) is 17.2 Å². The van der Waals surface area contributed by atoms with E-state index in [4.69, 9.17) is 0 Å². The smallest absolute Gasteiger partial charge is 0.744 e. The van der Waals surface area contributed by atoms with Crippen molar-refractivity contribution in [3.8, 4) is 0 Å². The van der Waals surface area contributed by atoms with E-state index in [2.05, 4.69) is 13.0 Å². The van der Waals surface area contributed by atoms with Gasteiger partial charge in [0.15, 0.2) is 0 Å². The fraction of sp³-hybridized carbons (Fsp3) is 0.583. The van der Waals surface area contributed by atoms with E-state index in [1.165, 1.54) is 94.7 Å². The largest absolute Gasteiger partial charge is 1.00 e. The van der Waals surface area contributed by atoms with Crippen LogP contribution in [0.2, 0.25) is 0 Å². The molecule has 0 spiro atoms. The van der Waals surface area contributed by atoms with E-state index >= 15 is 0 Å². The Morgan fingerprint density at radius 2 is 1.17 bits per heavy atom. The Morgan fingerprint density at radius 1 is 0.690 bits per heavy atom. The zero-order chi connectivity index (χ0) is 20.2. The maximum absolute atomic E-state index is 11.1. The van der Waals surface area contributed by atoms with E-state index in [1.54, 1.807) is 6.07 Å². The van der Waals surface area contributed by atoms with E-state index in [9.17, 15) is 13.0 Å². The number of hydrogen-bond acceptors (Lipinski definition) is 3. The Balaban J connectivity index is 0.00000420. The average Bonchev–Trinajstić information content (AvgIpc) is 2.67. The molecule has 2 aromatic carbocycles. The van der Waals surface area contributed by atoms with Crippen LogP contribution in [0.4, 0.5) is 0 Å². The molecule has 0 heterocycles. The number of fused-ring (bicyclic) bond motifs is 1. The summed E-state index contributed by atoms with van der Waals surface area (Å²) in [6, 6.07) is 10.7. The number of benzene rings is 2. The zero-order valence-corrected chi connectivity index (χ0v) is 22.2. The summed E-state index contributed by atoms with van der Waals surface area (Å²) in [4.78, 5) is -0.159. The molecule has 2 aromatic rings. The van der Waals surface area contributed by atoms with Gasteiger partial charge in [-0.2, -0.15) is 0 Å². The number of hydrogen-bond donors (Lipinski definition) is 0. The van der Waals surface area contributed by atoms with Crippen molar-refractivity contribution in [2.24, 2.45) is 0 Å². The summed E-state index contributed by atoms with van der Waals surface area (Å²) in [6.07, 6.45) is 17.3. The van der Waals surface area contributed by atoms with E-state index in [0.29, 0.717) is 0 Å². The molecule has 0 saturated carbocycles. The van der Waals surface area contributed by atoms with Crippen LogP contribution in [0.15, 0.2) is 41.3 Å². The van der Waals surface area contributed by atoms with E-state index < -0.39 is 10.1 Å². The van der Waals surface area contributed by atoms with Crippen LogP contribution in [-0.4, -0.2) is 13.0 Å². The minimum atomic E-state index is -4.39. The van der Waals surface area contributed by atoms with Crippen molar-refractivity contribution >= 4 is 20.9 Å². The van der Waals surface area contributed by atoms with Gasteiger partial charge in [-0.1, -0.05) is 102 Å². The third kappa shape index (κ3) is 10.9. The number of unbranched alkanes of at least 4 members (excludes halogenated alkanes) is 11. The van der Waals surface area contributed by atoms with Crippen LogP contribution in [0.5, 0.6) is 0 Å². The minimum absolute atomic E-state index is 0. The Kier molecular flexibility index (Phi) is 14.2. The molecule has 0 radical (unpaired) electrons. The maximum Gasteiger partial charge on any atom is 1.00 e. The fourth-order valence-corrected chi connectivity index (χ4v) is 4.26. The molecular formula is C24H35KO3S. The molecule has 0 aliphatic rings. The topological polar surface area (TPSA) is 57.2 Å². The van der Waals surface area contributed by atoms with Crippen LogP contribution < -0.4 is 51.4 Å². The molecule has 0 unspecified atom stereocenters. The molecule has 29 heavy (non-hydrogen) atoms.